The average molecular weight is 432 g/mol. The number of piperazine rings is 1. The third kappa shape index (κ3) is 6.02. The smallest absolute Gasteiger partial charge is 0.118 e. The van der Waals surface area contributed by atoms with E-state index in [0.29, 0.717) is 11.8 Å². The molecule has 4 rings (SSSR count). The maximum Gasteiger partial charge on any atom is 0.118 e. The second-order valence-corrected chi connectivity index (χ2v) is 8.37. The summed E-state index contributed by atoms with van der Waals surface area (Å²) in [6.07, 6.45) is 0.974. The summed E-state index contributed by atoms with van der Waals surface area (Å²) in [7, 11) is 1.69. The SMILES string of the molecule is COc1ccc(CNCCN2CCN(c3ccccc3)C[C@@H]2Cc2ccc(O)cc2)cc1. The van der Waals surface area contributed by atoms with E-state index in [1.54, 1.807) is 19.2 Å². The van der Waals surface area contributed by atoms with E-state index in [4.69, 9.17) is 4.74 Å². The van der Waals surface area contributed by atoms with E-state index >= 15 is 0 Å². The normalized spacial score (nSPS) is 16.8. The summed E-state index contributed by atoms with van der Waals surface area (Å²) in [5, 5.41) is 13.2. The molecule has 1 aliphatic heterocycles. The van der Waals surface area contributed by atoms with E-state index in [9.17, 15) is 5.11 Å². The van der Waals surface area contributed by atoms with E-state index in [2.05, 4.69) is 57.6 Å². The van der Waals surface area contributed by atoms with E-state index in [1.165, 1.54) is 16.8 Å². The number of benzene rings is 3. The van der Waals surface area contributed by atoms with Gasteiger partial charge in [-0.25, -0.2) is 0 Å². The molecule has 1 atom stereocenters. The summed E-state index contributed by atoms with van der Waals surface area (Å²) >= 11 is 0. The van der Waals surface area contributed by atoms with Gasteiger partial charge in [-0.05, 0) is 53.9 Å². The second-order valence-electron chi connectivity index (χ2n) is 8.37. The highest BCUT2D eigenvalue weighted by Gasteiger charge is 2.27. The van der Waals surface area contributed by atoms with Gasteiger partial charge < -0.3 is 20.1 Å². The summed E-state index contributed by atoms with van der Waals surface area (Å²) in [6.45, 7) is 5.90. The topological polar surface area (TPSA) is 48.0 Å². The molecule has 0 aliphatic carbocycles. The molecule has 0 spiro atoms. The van der Waals surface area contributed by atoms with Gasteiger partial charge in [-0.15, -0.1) is 0 Å². The van der Waals surface area contributed by atoms with Crippen LogP contribution in [0.1, 0.15) is 11.1 Å². The molecule has 0 amide bonds. The van der Waals surface area contributed by atoms with Crippen molar-refractivity contribution in [2.24, 2.45) is 0 Å². The summed E-state index contributed by atoms with van der Waals surface area (Å²) < 4.78 is 5.24. The number of rotatable bonds is 9. The van der Waals surface area contributed by atoms with Crippen molar-refractivity contribution < 1.29 is 9.84 Å². The highest BCUT2D eigenvalue weighted by molar-refractivity contribution is 5.46. The van der Waals surface area contributed by atoms with Crippen molar-refractivity contribution >= 4 is 5.69 Å². The number of aromatic hydroxyl groups is 1. The minimum absolute atomic E-state index is 0.322. The van der Waals surface area contributed by atoms with E-state index in [0.717, 1.165) is 51.4 Å². The van der Waals surface area contributed by atoms with Gasteiger partial charge in [0.1, 0.15) is 11.5 Å². The number of nitrogens with one attached hydrogen (secondary N) is 1. The maximum absolute atomic E-state index is 9.64. The lowest BCUT2D eigenvalue weighted by molar-refractivity contribution is 0.176. The molecule has 2 N–H and O–H groups in total. The first-order chi connectivity index (χ1) is 15.7. The van der Waals surface area contributed by atoms with Gasteiger partial charge in [0, 0.05) is 51.0 Å². The van der Waals surface area contributed by atoms with Crippen LogP contribution in [0.15, 0.2) is 78.9 Å². The molecule has 0 radical (unpaired) electrons. The monoisotopic (exact) mass is 431 g/mol. The first-order valence-electron chi connectivity index (χ1n) is 11.4. The Balaban J connectivity index is 1.35. The van der Waals surface area contributed by atoms with Crippen LogP contribution in [0.3, 0.4) is 0 Å². The fourth-order valence-electron chi connectivity index (χ4n) is 4.36. The van der Waals surface area contributed by atoms with Crippen LogP contribution in [-0.4, -0.2) is 55.9 Å². The van der Waals surface area contributed by atoms with Gasteiger partial charge in [0.25, 0.3) is 0 Å². The average Bonchev–Trinajstić information content (AvgIpc) is 2.85. The van der Waals surface area contributed by atoms with Gasteiger partial charge in [0.2, 0.25) is 0 Å². The van der Waals surface area contributed by atoms with Crippen LogP contribution >= 0.6 is 0 Å². The zero-order chi connectivity index (χ0) is 22.2. The minimum Gasteiger partial charge on any atom is -0.508 e. The van der Waals surface area contributed by atoms with Crippen LogP contribution in [0.5, 0.6) is 11.5 Å². The highest BCUT2D eigenvalue weighted by atomic mass is 16.5. The fraction of sp³-hybridized carbons (Fsp3) is 0.333. The third-order valence-electron chi connectivity index (χ3n) is 6.20. The van der Waals surface area contributed by atoms with Crippen LogP contribution in [-0.2, 0) is 13.0 Å². The number of para-hydroxylation sites is 1. The number of ether oxygens (including phenoxy) is 1. The molecule has 1 heterocycles. The largest absolute Gasteiger partial charge is 0.508 e. The number of anilines is 1. The minimum atomic E-state index is 0.322. The van der Waals surface area contributed by atoms with Gasteiger partial charge in [-0.1, -0.05) is 42.5 Å². The van der Waals surface area contributed by atoms with Crippen molar-refractivity contribution in [3.05, 3.63) is 90.0 Å². The first kappa shape index (κ1) is 22.2. The Hall–Kier alpha value is -3.02. The number of phenols is 1. The summed E-state index contributed by atoms with van der Waals surface area (Å²) in [5.41, 5.74) is 3.82. The molecular weight excluding hydrogens is 398 g/mol. The molecule has 0 saturated carbocycles. The van der Waals surface area contributed by atoms with E-state index < -0.39 is 0 Å². The van der Waals surface area contributed by atoms with Gasteiger partial charge in [-0.3, -0.25) is 4.90 Å². The lowest BCUT2D eigenvalue weighted by Gasteiger charge is -2.42. The molecule has 5 nitrogen and oxygen atoms in total. The number of hydrogen-bond donors (Lipinski definition) is 2. The quantitative estimate of drug-likeness (QED) is 0.503. The van der Waals surface area contributed by atoms with Crippen LogP contribution < -0.4 is 15.0 Å². The predicted octanol–water partition coefficient (Wildman–Crippen LogP) is 3.92. The lowest BCUT2D eigenvalue weighted by atomic mass is 10.0. The summed E-state index contributed by atoms with van der Waals surface area (Å²) in [5.74, 6) is 1.21. The van der Waals surface area contributed by atoms with E-state index in [1.807, 2.05) is 24.3 Å². The molecule has 0 unspecified atom stereocenters. The second kappa shape index (κ2) is 11.0. The molecule has 0 bridgehead atoms. The van der Waals surface area contributed by atoms with Crippen LogP contribution in [0.4, 0.5) is 5.69 Å². The summed E-state index contributed by atoms with van der Waals surface area (Å²) in [4.78, 5) is 5.10. The highest BCUT2D eigenvalue weighted by Crippen LogP contribution is 2.22. The van der Waals surface area contributed by atoms with Crippen LogP contribution in [0.2, 0.25) is 0 Å². The van der Waals surface area contributed by atoms with Crippen molar-refractivity contribution in [1.29, 1.82) is 0 Å². The van der Waals surface area contributed by atoms with Crippen LogP contribution in [0.25, 0.3) is 0 Å². The molecule has 32 heavy (non-hydrogen) atoms. The molecule has 5 heteroatoms. The molecule has 3 aromatic carbocycles. The van der Waals surface area contributed by atoms with Gasteiger partial charge in [-0.2, -0.15) is 0 Å². The Labute approximate surface area is 191 Å². The van der Waals surface area contributed by atoms with Crippen molar-refractivity contribution in [3.8, 4) is 11.5 Å². The predicted molar refractivity (Wildman–Crippen MR) is 131 cm³/mol. The fourth-order valence-corrected chi connectivity index (χ4v) is 4.36. The van der Waals surface area contributed by atoms with Gasteiger partial charge >= 0.3 is 0 Å². The van der Waals surface area contributed by atoms with Crippen molar-refractivity contribution in [3.63, 3.8) is 0 Å². The number of nitrogens with zero attached hydrogens (tertiary/aromatic N) is 2. The van der Waals surface area contributed by atoms with Crippen LogP contribution in [0, 0.1) is 0 Å². The Bertz CT molecular complexity index is 945. The van der Waals surface area contributed by atoms with Crippen molar-refractivity contribution in [1.82, 2.24) is 10.2 Å². The van der Waals surface area contributed by atoms with Gasteiger partial charge in [0.05, 0.1) is 7.11 Å². The number of hydrogen-bond acceptors (Lipinski definition) is 5. The van der Waals surface area contributed by atoms with Crippen molar-refractivity contribution in [2.75, 3.05) is 44.7 Å². The molecule has 0 aromatic heterocycles. The molecule has 1 aliphatic rings. The number of methoxy groups -OCH3 is 1. The Kier molecular flexibility index (Phi) is 7.64. The molecule has 168 valence electrons. The summed E-state index contributed by atoms with van der Waals surface area (Å²) in [6, 6.07) is 27.0. The molecule has 1 fully saturated rings. The lowest BCUT2D eigenvalue weighted by Crippen LogP contribution is -2.55. The molecule has 3 aromatic rings. The standard InChI is InChI=1S/C27H33N3O2/c1-32-27-13-9-23(10-14-27)20-28-15-16-29-17-18-30(24-5-3-2-4-6-24)21-25(29)19-22-7-11-26(31)12-8-22/h2-14,25,28,31H,15-21H2,1H3/t25-/m0/s1. The molecular formula is C27H33N3O2. The number of phenolic OH excluding ortho intramolecular Hbond substituents is 1. The maximum atomic E-state index is 9.64. The Morgan fingerprint density at radius 3 is 2.34 bits per heavy atom. The Morgan fingerprint density at radius 2 is 1.62 bits per heavy atom. The zero-order valence-corrected chi connectivity index (χ0v) is 18.8. The van der Waals surface area contributed by atoms with E-state index in [-0.39, 0.29) is 0 Å². The van der Waals surface area contributed by atoms with Crippen molar-refractivity contribution in [2.45, 2.75) is 19.0 Å². The zero-order valence-electron chi connectivity index (χ0n) is 18.8. The van der Waals surface area contributed by atoms with Gasteiger partial charge in [0.15, 0.2) is 0 Å². The molecule has 1 saturated heterocycles. The Morgan fingerprint density at radius 1 is 0.906 bits per heavy atom. The third-order valence-corrected chi connectivity index (χ3v) is 6.20. The first-order valence-corrected chi connectivity index (χ1v) is 11.4.